The van der Waals surface area contributed by atoms with Crippen LogP contribution >= 0.6 is 23.2 Å². The zero-order chi connectivity index (χ0) is 11.8. The van der Waals surface area contributed by atoms with Gasteiger partial charge in [0.2, 0.25) is 0 Å². The maximum absolute atomic E-state index is 6.26. The molecule has 0 radical (unpaired) electrons. The van der Waals surface area contributed by atoms with Crippen LogP contribution in [0.5, 0.6) is 0 Å². The highest BCUT2D eigenvalue weighted by molar-refractivity contribution is 6.35. The van der Waals surface area contributed by atoms with Gasteiger partial charge in [0.15, 0.2) is 0 Å². The van der Waals surface area contributed by atoms with Crippen molar-refractivity contribution in [3.05, 3.63) is 57.8 Å². The fraction of sp³-hybridized carbons (Fsp3) is 0.231. The van der Waals surface area contributed by atoms with E-state index in [2.05, 4.69) is 28.2 Å². The van der Waals surface area contributed by atoms with Crippen LogP contribution in [-0.4, -0.2) is 11.1 Å². The molecular formula is C13H12Cl2N2. The van der Waals surface area contributed by atoms with E-state index in [9.17, 15) is 0 Å². The molecule has 0 aliphatic carbocycles. The van der Waals surface area contributed by atoms with E-state index in [0.29, 0.717) is 10.0 Å². The van der Waals surface area contributed by atoms with Crippen LogP contribution in [0.25, 0.3) is 0 Å². The number of halogens is 2. The molecule has 88 valence electrons. The molecule has 2 nitrogen and oxygen atoms in total. The maximum atomic E-state index is 6.26. The minimum absolute atomic E-state index is 0.156. The number of nitrogens with one attached hydrogen (secondary N) is 1. The predicted octanol–water partition coefficient (Wildman–Crippen LogP) is 3.49. The predicted molar refractivity (Wildman–Crippen MR) is 70.7 cm³/mol. The molecule has 3 rings (SSSR count). The van der Waals surface area contributed by atoms with Crippen LogP contribution in [0.1, 0.15) is 17.3 Å². The highest BCUT2D eigenvalue weighted by Crippen LogP contribution is 2.31. The molecule has 0 saturated carbocycles. The Bertz CT molecular complexity index is 548. The third-order valence-corrected chi connectivity index (χ3v) is 3.70. The molecule has 1 N–H and O–H groups in total. The van der Waals surface area contributed by atoms with E-state index in [1.807, 2.05) is 12.1 Å². The molecule has 4 heteroatoms. The quantitative estimate of drug-likeness (QED) is 0.836. The van der Waals surface area contributed by atoms with Gasteiger partial charge < -0.3 is 9.88 Å². The third-order valence-electron chi connectivity index (χ3n) is 3.14. The van der Waals surface area contributed by atoms with Crippen LogP contribution in [0.2, 0.25) is 10.0 Å². The Hall–Kier alpha value is -0.960. The zero-order valence-electron chi connectivity index (χ0n) is 9.16. The van der Waals surface area contributed by atoms with Crippen LogP contribution in [0.3, 0.4) is 0 Å². The lowest BCUT2D eigenvalue weighted by Crippen LogP contribution is -2.33. The van der Waals surface area contributed by atoms with E-state index in [-0.39, 0.29) is 6.04 Å². The first kappa shape index (κ1) is 11.1. The van der Waals surface area contributed by atoms with Crippen molar-refractivity contribution in [3.63, 3.8) is 0 Å². The van der Waals surface area contributed by atoms with Gasteiger partial charge in [-0.25, -0.2) is 0 Å². The summed E-state index contributed by atoms with van der Waals surface area (Å²) in [5.41, 5.74) is 2.33. The summed E-state index contributed by atoms with van der Waals surface area (Å²) in [6.45, 7) is 1.95. The minimum Gasteiger partial charge on any atom is -0.348 e. The van der Waals surface area contributed by atoms with Crippen LogP contribution in [0.15, 0.2) is 36.5 Å². The van der Waals surface area contributed by atoms with E-state index < -0.39 is 0 Å². The van der Waals surface area contributed by atoms with Gasteiger partial charge in [-0.1, -0.05) is 29.3 Å². The van der Waals surface area contributed by atoms with E-state index in [1.165, 1.54) is 5.69 Å². The summed E-state index contributed by atoms with van der Waals surface area (Å²) in [5.74, 6) is 0. The molecule has 0 unspecified atom stereocenters. The number of rotatable bonds is 1. The van der Waals surface area contributed by atoms with Crippen LogP contribution in [0.4, 0.5) is 0 Å². The molecule has 1 aliphatic rings. The second-order valence-corrected chi connectivity index (χ2v) is 5.02. The number of benzene rings is 1. The lowest BCUT2D eigenvalue weighted by Gasteiger charge is -2.27. The second kappa shape index (κ2) is 4.37. The van der Waals surface area contributed by atoms with Crippen LogP contribution in [-0.2, 0) is 6.54 Å². The highest BCUT2D eigenvalue weighted by Gasteiger charge is 2.22. The Labute approximate surface area is 110 Å². The third kappa shape index (κ3) is 1.97. The van der Waals surface area contributed by atoms with E-state index in [1.54, 1.807) is 6.07 Å². The SMILES string of the molecule is Clc1ccc([C@@H]2NCCn3cccc32)c(Cl)c1. The molecule has 1 aliphatic heterocycles. The molecule has 0 amide bonds. The summed E-state index contributed by atoms with van der Waals surface area (Å²) < 4.78 is 2.26. The number of nitrogens with zero attached hydrogens (tertiary/aromatic N) is 1. The Morgan fingerprint density at radius 2 is 2.12 bits per heavy atom. The van der Waals surface area contributed by atoms with Crippen molar-refractivity contribution in [2.45, 2.75) is 12.6 Å². The Morgan fingerprint density at radius 3 is 2.94 bits per heavy atom. The molecule has 0 spiro atoms. The number of aromatic nitrogens is 1. The Kier molecular flexibility index (Phi) is 2.87. The minimum atomic E-state index is 0.156. The van der Waals surface area contributed by atoms with Gasteiger partial charge >= 0.3 is 0 Å². The van der Waals surface area contributed by atoms with Gasteiger partial charge in [-0.15, -0.1) is 0 Å². The maximum Gasteiger partial charge on any atom is 0.0746 e. The van der Waals surface area contributed by atoms with Gasteiger partial charge in [0.05, 0.1) is 6.04 Å². The zero-order valence-corrected chi connectivity index (χ0v) is 10.7. The van der Waals surface area contributed by atoms with Gasteiger partial charge in [-0.3, -0.25) is 0 Å². The van der Waals surface area contributed by atoms with Crippen LogP contribution in [0, 0.1) is 0 Å². The van der Waals surface area contributed by atoms with E-state index >= 15 is 0 Å². The fourth-order valence-corrected chi connectivity index (χ4v) is 2.85. The average molecular weight is 267 g/mol. The van der Waals surface area contributed by atoms with Gasteiger partial charge in [-0.05, 0) is 29.8 Å². The number of fused-ring (bicyclic) bond motifs is 1. The number of hydrogen-bond donors (Lipinski definition) is 1. The van der Waals surface area contributed by atoms with E-state index in [4.69, 9.17) is 23.2 Å². The first-order chi connectivity index (χ1) is 8.25. The molecule has 2 aromatic rings. The molecule has 1 aromatic heterocycles. The summed E-state index contributed by atoms with van der Waals surface area (Å²) in [5, 5.41) is 4.87. The van der Waals surface area contributed by atoms with Gasteiger partial charge in [0, 0.05) is 35.0 Å². The van der Waals surface area contributed by atoms with E-state index in [0.717, 1.165) is 18.7 Å². The lowest BCUT2D eigenvalue weighted by molar-refractivity contribution is 0.467. The molecular weight excluding hydrogens is 255 g/mol. The van der Waals surface area contributed by atoms with Gasteiger partial charge in [0.25, 0.3) is 0 Å². The molecule has 17 heavy (non-hydrogen) atoms. The van der Waals surface area contributed by atoms with Crippen molar-refractivity contribution in [3.8, 4) is 0 Å². The smallest absolute Gasteiger partial charge is 0.0746 e. The standard InChI is InChI=1S/C13H12Cl2N2/c14-9-3-4-10(11(15)8-9)13-12-2-1-6-17(12)7-5-16-13/h1-4,6,8,13,16H,5,7H2/t13-/m0/s1. The Morgan fingerprint density at radius 1 is 1.24 bits per heavy atom. The van der Waals surface area contributed by atoms with Crippen molar-refractivity contribution in [2.75, 3.05) is 6.54 Å². The van der Waals surface area contributed by atoms with Gasteiger partial charge in [-0.2, -0.15) is 0 Å². The molecule has 1 atom stereocenters. The lowest BCUT2D eigenvalue weighted by atomic mass is 10.0. The normalized spacial score (nSPS) is 19.1. The fourth-order valence-electron chi connectivity index (χ4n) is 2.33. The molecule has 0 saturated heterocycles. The number of hydrogen-bond acceptors (Lipinski definition) is 1. The van der Waals surface area contributed by atoms with Crippen molar-refractivity contribution < 1.29 is 0 Å². The summed E-state index contributed by atoms with van der Waals surface area (Å²) >= 11 is 12.2. The highest BCUT2D eigenvalue weighted by atomic mass is 35.5. The van der Waals surface area contributed by atoms with Crippen molar-refractivity contribution >= 4 is 23.2 Å². The summed E-state index contributed by atoms with van der Waals surface area (Å²) in [6.07, 6.45) is 2.10. The first-order valence-corrected chi connectivity index (χ1v) is 6.34. The second-order valence-electron chi connectivity index (χ2n) is 4.18. The van der Waals surface area contributed by atoms with Crippen molar-refractivity contribution in [1.29, 1.82) is 0 Å². The van der Waals surface area contributed by atoms with Gasteiger partial charge in [0.1, 0.15) is 0 Å². The summed E-state index contributed by atoms with van der Waals surface area (Å²) in [7, 11) is 0. The molecule has 1 aromatic carbocycles. The molecule has 0 fully saturated rings. The van der Waals surface area contributed by atoms with Crippen LogP contribution < -0.4 is 5.32 Å². The summed E-state index contributed by atoms with van der Waals surface area (Å²) in [4.78, 5) is 0. The van der Waals surface area contributed by atoms with Crippen molar-refractivity contribution in [1.82, 2.24) is 9.88 Å². The first-order valence-electron chi connectivity index (χ1n) is 5.59. The Balaban J connectivity index is 2.06. The summed E-state index contributed by atoms with van der Waals surface area (Å²) in [6, 6.07) is 10.0. The average Bonchev–Trinajstić information content (AvgIpc) is 2.77. The molecule has 0 bridgehead atoms. The molecule has 2 heterocycles. The van der Waals surface area contributed by atoms with Crippen molar-refractivity contribution in [2.24, 2.45) is 0 Å². The largest absolute Gasteiger partial charge is 0.348 e. The monoisotopic (exact) mass is 266 g/mol. The topological polar surface area (TPSA) is 17.0 Å².